The van der Waals surface area contributed by atoms with Gasteiger partial charge in [-0.2, -0.15) is 0 Å². The Bertz CT molecular complexity index is 734. The van der Waals surface area contributed by atoms with Crippen molar-refractivity contribution in [3.8, 4) is 11.3 Å². The first-order chi connectivity index (χ1) is 8.65. The molecule has 1 N–H and O–H groups in total. The van der Waals surface area contributed by atoms with Crippen molar-refractivity contribution in [2.24, 2.45) is 0 Å². The van der Waals surface area contributed by atoms with E-state index in [-0.39, 0.29) is 5.82 Å². The minimum atomic E-state index is -0.241. The number of H-pyrrole nitrogens is 1. The third-order valence-electron chi connectivity index (χ3n) is 2.84. The highest BCUT2D eigenvalue weighted by molar-refractivity contribution is 6.42. The molecule has 0 bridgehead atoms. The van der Waals surface area contributed by atoms with Crippen LogP contribution < -0.4 is 0 Å². The number of aromatic amines is 1. The summed E-state index contributed by atoms with van der Waals surface area (Å²) in [4.78, 5) is 3.16. The molecule has 0 aliphatic rings. The van der Waals surface area contributed by atoms with Crippen molar-refractivity contribution in [1.29, 1.82) is 0 Å². The maximum atomic E-state index is 13.6. The predicted molar refractivity (Wildman–Crippen MR) is 73.7 cm³/mol. The van der Waals surface area contributed by atoms with E-state index in [1.165, 1.54) is 6.07 Å². The number of hydrogen-bond donors (Lipinski definition) is 1. The predicted octanol–water partition coefficient (Wildman–Crippen LogP) is 5.28. The standard InChI is InChI=1S/C14H8Cl2FN/c15-10-5-4-8(6-11(10)16)14-7-9-12(17)2-1-3-13(9)18-14/h1-7,18H. The summed E-state index contributed by atoms with van der Waals surface area (Å²) in [5, 5.41) is 1.55. The number of aromatic nitrogens is 1. The molecule has 0 saturated heterocycles. The second kappa shape index (κ2) is 4.30. The molecule has 0 aliphatic heterocycles. The Kier molecular flexibility index (Phi) is 2.77. The minimum absolute atomic E-state index is 0.241. The Balaban J connectivity index is 2.19. The van der Waals surface area contributed by atoms with Gasteiger partial charge >= 0.3 is 0 Å². The maximum Gasteiger partial charge on any atom is 0.132 e. The third kappa shape index (κ3) is 1.88. The van der Waals surface area contributed by atoms with Gasteiger partial charge in [0.25, 0.3) is 0 Å². The van der Waals surface area contributed by atoms with Crippen LogP contribution >= 0.6 is 23.2 Å². The van der Waals surface area contributed by atoms with Crippen LogP contribution in [0.4, 0.5) is 4.39 Å². The van der Waals surface area contributed by atoms with Gasteiger partial charge in [0.15, 0.2) is 0 Å². The average molecular weight is 280 g/mol. The van der Waals surface area contributed by atoms with Crippen molar-refractivity contribution in [2.75, 3.05) is 0 Å². The molecule has 3 rings (SSSR count). The van der Waals surface area contributed by atoms with Gasteiger partial charge in [0.05, 0.1) is 10.0 Å². The highest BCUT2D eigenvalue weighted by Crippen LogP contribution is 2.30. The molecular formula is C14H8Cl2FN. The number of benzene rings is 2. The van der Waals surface area contributed by atoms with Gasteiger partial charge in [-0.05, 0) is 35.9 Å². The van der Waals surface area contributed by atoms with E-state index in [9.17, 15) is 4.39 Å². The second-order valence-corrected chi connectivity index (χ2v) is 4.83. The van der Waals surface area contributed by atoms with E-state index in [4.69, 9.17) is 23.2 Å². The Morgan fingerprint density at radius 3 is 2.50 bits per heavy atom. The van der Waals surface area contributed by atoms with E-state index in [0.29, 0.717) is 15.4 Å². The van der Waals surface area contributed by atoms with Gasteiger partial charge in [0.1, 0.15) is 5.82 Å². The Labute approximate surface area is 113 Å². The van der Waals surface area contributed by atoms with E-state index in [0.717, 1.165) is 16.8 Å². The fourth-order valence-electron chi connectivity index (χ4n) is 1.94. The highest BCUT2D eigenvalue weighted by Gasteiger charge is 2.08. The van der Waals surface area contributed by atoms with Gasteiger partial charge in [0.2, 0.25) is 0 Å². The molecule has 0 saturated carbocycles. The van der Waals surface area contributed by atoms with Crippen LogP contribution in [-0.2, 0) is 0 Å². The normalized spacial score (nSPS) is 11.1. The van der Waals surface area contributed by atoms with Crippen molar-refractivity contribution in [3.63, 3.8) is 0 Å². The lowest BCUT2D eigenvalue weighted by molar-refractivity contribution is 0.640. The Morgan fingerprint density at radius 2 is 1.78 bits per heavy atom. The summed E-state index contributed by atoms with van der Waals surface area (Å²) in [5.41, 5.74) is 2.45. The Hall–Kier alpha value is -1.51. The summed E-state index contributed by atoms with van der Waals surface area (Å²) in [6.07, 6.45) is 0. The maximum absolute atomic E-state index is 13.6. The molecule has 0 fully saturated rings. The number of rotatable bonds is 1. The lowest BCUT2D eigenvalue weighted by Gasteiger charge is -2.00. The molecular weight excluding hydrogens is 272 g/mol. The van der Waals surface area contributed by atoms with Crippen LogP contribution in [0.3, 0.4) is 0 Å². The molecule has 1 heterocycles. The summed E-state index contributed by atoms with van der Waals surface area (Å²) < 4.78 is 13.6. The van der Waals surface area contributed by atoms with Crippen LogP contribution in [0.5, 0.6) is 0 Å². The van der Waals surface area contributed by atoms with Crippen LogP contribution in [0.1, 0.15) is 0 Å². The molecule has 0 amide bonds. The molecule has 4 heteroatoms. The zero-order valence-corrected chi connectivity index (χ0v) is 10.7. The van der Waals surface area contributed by atoms with Crippen LogP contribution in [0.15, 0.2) is 42.5 Å². The molecule has 0 radical (unpaired) electrons. The van der Waals surface area contributed by atoms with E-state index in [2.05, 4.69) is 4.98 Å². The molecule has 1 aromatic heterocycles. The van der Waals surface area contributed by atoms with Gasteiger partial charge in [-0.3, -0.25) is 0 Å². The molecule has 0 unspecified atom stereocenters. The van der Waals surface area contributed by atoms with E-state index in [1.807, 2.05) is 12.1 Å². The van der Waals surface area contributed by atoms with E-state index >= 15 is 0 Å². The van der Waals surface area contributed by atoms with Crippen molar-refractivity contribution >= 4 is 34.1 Å². The van der Waals surface area contributed by atoms with Crippen molar-refractivity contribution in [3.05, 3.63) is 58.3 Å². The lowest BCUT2D eigenvalue weighted by Crippen LogP contribution is -1.77. The van der Waals surface area contributed by atoms with Crippen LogP contribution in [0.2, 0.25) is 10.0 Å². The molecule has 18 heavy (non-hydrogen) atoms. The van der Waals surface area contributed by atoms with Gasteiger partial charge in [-0.15, -0.1) is 0 Å². The zero-order chi connectivity index (χ0) is 12.7. The van der Waals surface area contributed by atoms with Crippen molar-refractivity contribution < 1.29 is 4.39 Å². The first kappa shape index (κ1) is 11.6. The van der Waals surface area contributed by atoms with Crippen LogP contribution in [0.25, 0.3) is 22.2 Å². The van der Waals surface area contributed by atoms with Crippen LogP contribution in [-0.4, -0.2) is 4.98 Å². The van der Waals surface area contributed by atoms with Crippen LogP contribution in [0, 0.1) is 5.82 Å². The summed E-state index contributed by atoms with van der Waals surface area (Å²) in [7, 11) is 0. The number of nitrogens with one attached hydrogen (secondary N) is 1. The topological polar surface area (TPSA) is 15.8 Å². The molecule has 3 aromatic rings. The molecule has 90 valence electrons. The van der Waals surface area contributed by atoms with Crippen molar-refractivity contribution in [1.82, 2.24) is 4.98 Å². The summed E-state index contributed by atoms with van der Waals surface area (Å²) >= 11 is 11.8. The van der Waals surface area contributed by atoms with Gasteiger partial charge in [-0.1, -0.05) is 35.3 Å². The van der Waals surface area contributed by atoms with Gasteiger partial charge < -0.3 is 4.98 Å². The quantitative estimate of drug-likeness (QED) is 0.624. The zero-order valence-electron chi connectivity index (χ0n) is 9.18. The molecule has 2 aromatic carbocycles. The fourth-order valence-corrected chi connectivity index (χ4v) is 2.24. The summed E-state index contributed by atoms with van der Waals surface area (Å²) in [5.74, 6) is -0.241. The minimum Gasteiger partial charge on any atom is -0.354 e. The summed E-state index contributed by atoms with van der Waals surface area (Å²) in [6.45, 7) is 0. The van der Waals surface area contributed by atoms with Crippen molar-refractivity contribution in [2.45, 2.75) is 0 Å². The summed E-state index contributed by atoms with van der Waals surface area (Å²) in [6, 6.07) is 12.0. The van der Waals surface area contributed by atoms with Gasteiger partial charge in [-0.25, -0.2) is 4.39 Å². The monoisotopic (exact) mass is 279 g/mol. The number of halogens is 3. The number of hydrogen-bond acceptors (Lipinski definition) is 0. The van der Waals surface area contributed by atoms with E-state index < -0.39 is 0 Å². The number of fused-ring (bicyclic) bond motifs is 1. The SMILES string of the molecule is Fc1cccc2[nH]c(-c3ccc(Cl)c(Cl)c3)cc12. The third-order valence-corrected chi connectivity index (χ3v) is 3.58. The van der Waals surface area contributed by atoms with E-state index in [1.54, 1.807) is 24.3 Å². The fraction of sp³-hybridized carbons (Fsp3) is 0. The first-order valence-corrected chi connectivity index (χ1v) is 6.13. The molecule has 1 nitrogen and oxygen atoms in total. The molecule has 0 spiro atoms. The molecule has 0 atom stereocenters. The van der Waals surface area contributed by atoms with Gasteiger partial charge in [0, 0.05) is 16.6 Å². The average Bonchev–Trinajstić information content (AvgIpc) is 2.78. The second-order valence-electron chi connectivity index (χ2n) is 4.01. The molecule has 0 aliphatic carbocycles. The highest BCUT2D eigenvalue weighted by atomic mass is 35.5. The Morgan fingerprint density at radius 1 is 0.944 bits per heavy atom. The largest absolute Gasteiger partial charge is 0.354 e. The lowest BCUT2D eigenvalue weighted by atomic mass is 10.1. The smallest absolute Gasteiger partial charge is 0.132 e. The first-order valence-electron chi connectivity index (χ1n) is 5.38.